The number of aliphatic hydroxyl groups is 1. The van der Waals surface area contributed by atoms with Crippen LogP contribution in [0.1, 0.15) is 24.8 Å². The summed E-state index contributed by atoms with van der Waals surface area (Å²) in [6.45, 7) is 0.146. The topological polar surface area (TPSA) is 92.7 Å². The molecule has 1 fully saturated rings. The van der Waals surface area contributed by atoms with Crippen LogP contribution in [0.4, 0.5) is 4.79 Å². The number of amides is 1. The zero-order valence-electron chi connectivity index (χ0n) is 16.9. The number of aliphatic hydroxyl groups excluding tert-OH is 1. The number of hydrogen-bond acceptors (Lipinski definition) is 6. The van der Waals surface area contributed by atoms with Gasteiger partial charge in [0, 0.05) is 10.9 Å². The molecule has 1 aliphatic rings. The van der Waals surface area contributed by atoms with Crippen molar-refractivity contribution in [3.8, 4) is 0 Å². The number of sulfone groups is 1. The Hall–Kier alpha value is -2.03. The summed E-state index contributed by atoms with van der Waals surface area (Å²) in [6.07, 6.45) is 2.14. The molecule has 0 radical (unpaired) electrons. The molecule has 0 spiro atoms. The minimum Gasteiger partial charge on any atom is -0.445 e. The first-order valence-corrected chi connectivity index (χ1v) is 12.8. The molecule has 162 valence electrons. The van der Waals surface area contributed by atoms with Crippen LogP contribution in [0, 0.1) is 5.92 Å². The van der Waals surface area contributed by atoms with Crippen molar-refractivity contribution < 1.29 is 23.1 Å². The predicted molar refractivity (Wildman–Crippen MR) is 117 cm³/mol. The summed E-state index contributed by atoms with van der Waals surface area (Å²) >= 11 is 1.54. The maximum atomic E-state index is 12.9. The lowest BCUT2D eigenvalue weighted by atomic mass is 9.84. The molecular weight excluding hydrogens is 422 g/mol. The average Bonchev–Trinajstić information content (AvgIpc) is 2.75. The van der Waals surface area contributed by atoms with E-state index >= 15 is 0 Å². The van der Waals surface area contributed by atoms with Crippen molar-refractivity contribution in [2.24, 2.45) is 5.92 Å². The van der Waals surface area contributed by atoms with Crippen molar-refractivity contribution in [3.63, 3.8) is 0 Å². The highest BCUT2D eigenvalue weighted by atomic mass is 32.2. The van der Waals surface area contributed by atoms with Gasteiger partial charge in [-0.25, -0.2) is 13.2 Å². The molecular formula is C22H27NO5S2. The first kappa shape index (κ1) is 22.7. The van der Waals surface area contributed by atoms with Crippen molar-refractivity contribution in [3.05, 3.63) is 60.2 Å². The maximum Gasteiger partial charge on any atom is 0.407 e. The second-order valence-corrected chi connectivity index (χ2v) is 10.4. The van der Waals surface area contributed by atoms with E-state index in [4.69, 9.17) is 4.74 Å². The van der Waals surface area contributed by atoms with Gasteiger partial charge in [0.05, 0.1) is 16.8 Å². The largest absolute Gasteiger partial charge is 0.445 e. The van der Waals surface area contributed by atoms with Crippen LogP contribution in [-0.2, 0) is 21.2 Å². The van der Waals surface area contributed by atoms with E-state index in [-0.39, 0.29) is 29.2 Å². The Balaban J connectivity index is 1.64. The quantitative estimate of drug-likeness (QED) is 0.627. The van der Waals surface area contributed by atoms with E-state index in [0.29, 0.717) is 19.3 Å². The van der Waals surface area contributed by atoms with Gasteiger partial charge in [0.1, 0.15) is 6.61 Å². The number of benzene rings is 2. The van der Waals surface area contributed by atoms with Gasteiger partial charge in [0.15, 0.2) is 9.84 Å². The van der Waals surface area contributed by atoms with Gasteiger partial charge in [-0.3, -0.25) is 0 Å². The van der Waals surface area contributed by atoms with Gasteiger partial charge in [-0.1, -0.05) is 30.3 Å². The second-order valence-electron chi connectivity index (χ2n) is 7.50. The molecule has 0 heterocycles. The highest BCUT2D eigenvalue weighted by Crippen LogP contribution is 2.29. The Morgan fingerprint density at radius 3 is 2.50 bits per heavy atom. The molecule has 3 rings (SSSR count). The first-order valence-electron chi connectivity index (χ1n) is 9.89. The van der Waals surface area contributed by atoms with Crippen LogP contribution in [-0.4, -0.2) is 43.8 Å². The number of nitrogens with one attached hydrogen (secondary N) is 1. The number of hydrogen-bond donors (Lipinski definition) is 2. The molecule has 3 atom stereocenters. The molecule has 0 saturated heterocycles. The lowest BCUT2D eigenvalue weighted by molar-refractivity contribution is 0.0803. The summed E-state index contributed by atoms with van der Waals surface area (Å²) in [5, 5.41) is 12.9. The number of ether oxygens (including phenoxy) is 1. The summed E-state index contributed by atoms with van der Waals surface area (Å²) in [7, 11) is -3.54. The minimum atomic E-state index is -3.54. The van der Waals surface area contributed by atoms with Crippen molar-refractivity contribution in [2.45, 2.75) is 47.8 Å². The smallest absolute Gasteiger partial charge is 0.407 e. The van der Waals surface area contributed by atoms with Crippen LogP contribution in [0.2, 0.25) is 0 Å². The van der Waals surface area contributed by atoms with Crippen molar-refractivity contribution >= 4 is 27.7 Å². The summed E-state index contributed by atoms with van der Waals surface area (Å²) in [6, 6.07) is 15.8. The highest BCUT2D eigenvalue weighted by Gasteiger charge is 2.34. The summed E-state index contributed by atoms with van der Waals surface area (Å²) in [4.78, 5) is 13.5. The lowest BCUT2D eigenvalue weighted by Crippen LogP contribution is -2.47. The van der Waals surface area contributed by atoms with E-state index in [0.717, 1.165) is 10.5 Å². The predicted octanol–water partition coefficient (Wildman–Crippen LogP) is 3.64. The third-order valence-electron chi connectivity index (χ3n) is 5.32. The van der Waals surface area contributed by atoms with Gasteiger partial charge in [0.2, 0.25) is 0 Å². The molecule has 2 N–H and O–H groups in total. The third kappa shape index (κ3) is 6.23. The summed E-state index contributed by atoms with van der Waals surface area (Å²) < 4.78 is 31.1. The molecule has 2 aromatic carbocycles. The Bertz CT molecular complexity index is 932. The van der Waals surface area contributed by atoms with Gasteiger partial charge in [-0.05, 0) is 61.3 Å². The SMILES string of the molecule is CSc1ccc(S(=O)(=O)C[C@@H]2C[C@@H](O)CC[C@@H]2NC(=O)OCc2ccccc2)cc1. The lowest BCUT2D eigenvalue weighted by Gasteiger charge is -2.34. The number of alkyl carbamates (subject to hydrolysis) is 1. The van der Waals surface area contributed by atoms with Crippen LogP contribution in [0.3, 0.4) is 0 Å². The average molecular weight is 450 g/mol. The van der Waals surface area contributed by atoms with E-state index < -0.39 is 22.0 Å². The Kier molecular flexibility index (Phi) is 7.80. The zero-order valence-corrected chi connectivity index (χ0v) is 18.5. The fourth-order valence-electron chi connectivity index (χ4n) is 3.69. The highest BCUT2D eigenvalue weighted by molar-refractivity contribution is 7.98. The molecule has 0 aliphatic heterocycles. The zero-order chi connectivity index (χ0) is 21.6. The molecule has 2 aromatic rings. The molecule has 30 heavy (non-hydrogen) atoms. The fraction of sp³-hybridized carbons (Fsp3) is 0.409. The van der Waals surface area contributed by atoms with Crippen LogP contribution >= 0.6 is 11.8 Å². The van der Waals surface area contributed by atoms with E-state index in [1.54, 1.807) is 36.0 Å². The van der Waals surface area contributed by atoms with Gasteiger partial charge in [-0.15, -0.1) is 11.8 Å². The summed E-state index contributed by atoms with van der Waals surface area (Å²) in [5.74, 6) is -0.519. The standard InChI is InChI=1S/C22H27NO5S2/c1-29-19-8-10-20(11-9-19)30(26,27)15-17-13-18(24)7-12-21(17)23-22(25)28-14-16-5-3-2-4-6-16/h2-6,8-11,17-18,21,24H,7,12-15H2,1H3,(H,23,25)/t17-,18-,21-/m0/s1. The molecule has 0 unspecified atom stereocenters. The van der Waals surface area contributed by atoms with Gasteiger partial charge in [-0.2, -0.15) is 0 Å². The Morgan fingerprint density at radius 2 is 1.83 bits per heavy atom. The maximum absolute atomic E-state index is 12.9. The van der Waals surface area contributed by atoms with E-state index in [2.05, 4.69) is 5.32 Å². The second kappa shape index (κ2) is 10.3. The van der Waals surface area contributed by atoms with Gasteiger partial charge >= 0.3 is 6.09 Å². The number of rotatable bonds is 7. The van der Waals surface area contributed by atoms with Crippen molar-refractivity contribution in [1.82, 2.24) is 5.32 Å². The fourth-order valence-corrected chi connectivity index (χ4v) is 5.77. The molecule has 8 heteroatoms. The van der Waals surface area contributed by atoms with E-state index in [1.165, 1.54) is 0 Å². The van der Waals surface area contributed by atoms with Crippen molar-refractivity contribution in [2.75, 3.05) is 12.0 Å². The van der Waals surface area contributed by atoms with Gasteiger partial charge < -0.3 is 15.2 Å². The molecule has 1 saturated carbocycles. The summed E-state index contributed by atoms with van der Waals surface area (Å²) in [5.41, 5.74) is 0.875. The molecule has 1 amide bonds. The minimum absolute atomic E-state index is 0.133. The number of carbonyl (C=O) groups excluding carboxylic acids is 1. The molecule has 0 aromatic heterocycles. The Labute approximate surface area is 181 Å². The monoisotopic (exact) mass is 449 g/mol. The number of thioether (sulfide) groups is 1. The normalized spacial score (nSPS) is 21.7. The molecule has 0 bridgehead atoms. The molecule has 6 nitrogen and oxygen atoms in total. The van der Waals surface area contributed by atoms with Gasteiger partial charge in [0.25, 0.3) is 0 Å². The number of carbonyl (C=O) groups is 1. The van der Waals surface area contributed by atoms with E-state index in [9.17, 15) is 18.3 Å². The first-order chi connectivity index (χ1) is 14.4. The van der Waals surface area contributed by atoms with Crippen LogP contribution < -0.4 is 5.32 Å². The van der Waals surface area contributed by atoms with Crippen LogP contribution in [0.5, 0.6) is 0 Å². The third-order valence-corrected chi connectivity index (χ3v) is 7.92. The molecule has 1 aliphatic carbocycles. The van der Waals surface area contributed by atoms with Crippen LogP contribution in [0.15, 0.2) is 64.4 Å². The Morgan fingerprint density at radius 1 is 1.13 bits per heavy atom. The van der Waals surface area contributed by atoms with Crippen LogP contribution in [0.25, 0.3) is 0 Å². The van der Waals surface area contributed by atoms with E-state index in [1.807, 2.05) is 36.6 Å². The van der Waals surface area contributed by atoms with Crippen molar-refractivity contribution in [1.29, 1.82) is 0 Å².